The molecule has 2 atom stereocenters. The minimum atomic E-state index is -1.01. The van der Waals surface area contributed by atoms with Gasteiger partial charge in [0.2, 0.25) is 5.91 Å². The predicted molar refractivity (Wildman–Crippen MR) is 128 cm³/mol. The number of hydrogen-bond acceptors (Lipinski definition) is 4. The number of carbonyl (C=O) groups is 3. The Morgan fingerprint density at radius 2 is 1.65 bits per heavy atom. The molecule has 34 heavy (non-hydrogen) atoms. The number of nitrogens with zero attached hydrogens (tertiary/aromatic N) is 1. The summed E-state index contributed by atoms with van der Waals surface area (Å²) in [6.07, 6.45) is -0.133. The lowest BCUT2D eigenvalue weighted by Gasteiger charge is -2.53. The number of rotatable bonds is 7. The quantitative estimate of drug-likeness (QED) is 0.638. The second-order valence-electron chi connectivity index (χ2n) is 10.3. The highest BCUT2D eigenvalue weighted by Gasteiger charge is 2.55. The first-order valence-electron chi connectivity index (χ1n) is 11.7. The number of alkyl carbamates (subject to hydrolysis) is 1. The molecule has 0 spiro atoms. The smallest absolute Gasteiger partial charge is 0.407 e. The van der Waals surface area contributed by atoms with Crippen LogP contribution < -0.4 is 5.32 Å². The fourth-order valence-corrected chi connectivity index (χ4v) is 5.20. The SMILES string of the molecule is CCC(C)(CNC(=O)OCC1c2ccccc2-c2ccccc21)C(=O)N1CC(C)(C)C1C(=O)O. The highest BCUT2D eigenvalue weighted by atomic mass is 16.5. The van der Waals surface area contributed by atoms with Crippen LogP contribution in [0.4, 0.5) is 4.79 Å². The summed E-state index contributed by atoms with van der Waals surface area (Å²) in [5.74, 6) is -1.31. The van der Waals surface area contributed by atoms with Crippen molar-refractivity contribution in [2.75, 3.05) is 19.7 Å². The lowest BCUT2D eigenvalue weighted by atomic mass is 9.72. The molecule has 4 rings (SSSR count). The number of aliphatic carboxylic acids is 1. The van der Waals surface area contributed by atoms with Gasteiger partial charge in [-0.3, -0.25) is 4.79 Å². The zero-order valence-corrected chi connectivity index (χ0v) is 20.1. The Balaban J connectivity index is 1.38. The molecule has 2 aliphatic rings. The molecule has 1 aliphatic carbocycles. The van der Waals surface area contributed by atoms with E-state index < -0.39 is 28.9 Å². The molecule has 2 amide bonds. The van der Waals surface area contributed by atoms with Crippen LogP contribution in [-0.2, 0) is 14.3 Å². The van der Waals surface area contributed by atoms with Gasteiger partial charge in [-0.2, -0.15) is 0 Å². The van der Waals surface area contributed by atoms with Gasteiger partial charge in [-0.05, 0) is 35.6 Å². The highest BCUT2D eigenvalue weighted by Crippen LogP contribution is 2.44. The maximum Gasteiger partial charge on any atom is 0.407 e. The number of carboxylic acid groups (broad SMARTS) is 1. The Bertz CT molecular complexity index is 1080. The number of fused-ring (bicyclic) bond motifs is 3. The van der Waals surface area contributed by atoms with Gasteiger partial charge in [-0.25, -0.2) is 9.59 Å². The van der Waals surface area contributed by atoms with E-state index in [1.807, 2.05) is 45.0 Å². The fourth-order valence-electron chi connectivity index (χ4n) is 5.20. The van der Waals surface area contributed by atoms with Crippen LogP contribution in [0.1, 0.15) is 51.2 Å². The molecule has 2 aromatic rings. The molecule has 0 radical (unpaired) electrons. The second-order valence-corrected chi connectivity index (χ2v) is 10.3. The Labute approximate surface area is 200 Å². The lowest BCUT2D eigenvalue weighted by Crippen LogP contribution is -2.69. The van der Waals surface area contributed by atoms with Gasteiger partial charge in [-0.15, -0.1) is 0 Å². The summed E-state index contributed by atoms with van der Waals surface area (Å²) in [6.45, 7) is 7.94. The largest absolute Gasteiger partial charge is 0.480 e. The van der Waals surface area contributed by atoms with Crippen molar-refractivity contribution in [3.8, 4) is 11.1 Å². The van der Waals surface area contributed by atoms with Gasteiger partial charge in [0.1, 0.15) is 12.6 Å². The second kappa shape index (κ2) is 8.78. The third-order valence-corrected chi connectivity index (χ3v) is 7.39. The summed E-state index contributed by atoms with van der Waals surface area (Å²) < 4.78 is 5.58. The van der Waals surface area contributed by atoms with Crippen molar-refractivity contribution >= 4 is 18.0 Å². The summed E-state index contributed by atoms with van der Waals surface area (Å²) in [6, 6.07) is 15.4. The molecule has 7 nitrogen and oxygen atoms in total. The molecule has 1 heterocycles. The predicted octanol–water partition coefficient (Wildman–Crippen LogP) is 4.26. The number of hydrogen-bond donors (Lipinski definition) is 2. The summed E-state index contributed by atoms with van der Waals surface area (Å²) in [4.78, 5) is 38.9. The molecule has 1 aliphatic heterocycles. The van der Waals surface area contributed by atoms with E-state index in [1.165, 1.54) is 4.90 Å². The van der Waals surface area contributed by atoms with Crippen LogP contribution >= 0.6 is 0 Å². The molecular formula is C27H32N2O5. The molecule has 1 saturated heterocycles. The Morgan fingerprint density at radius 1 is 1.09 bits per heavy atom. The van der Waals surface area contributed by atoms with E-state index in [0.717, 1.165) is 22.3 Å². The van der Waals surface area contributed by atoms with Crippen molar-refractivity contribution in [2.45, 2.75) is 46.1 Å². The van der Waals surface area contributed by atoms with Crippen LogP contribution in [0.15, 0.2) is 48.5 Å². The maximum absolute atomic E-state index is 13.2. The van der Waals surface area contributed by atoms with E-state index in [2.05, 4.69) is 29.6 Å². The minimum Gasteiger partial charge on any atom is -0.480 e. The number of carboxylic acids is 1. The zero-order valence-electron chi connectivity index (χ0n) is 20.1. The normalized spacial score (nSPS) is 19.9. The van der Waals surface area contributed by atoms with Crippen molar-refractivity contribution in [1.82, 2.24) is 10.2 Å². The van der Waals surface area contributed by atoms with Crippen molar-refractivity contribution in [2.24, 2.45) is 10.8 Å². The van der Waals surface area contributed by atoms with Crippen LogP contribution in [0.2, 0.25) is 0 Å². The Morgan fingerprint density at radius 3 is 2.15 bits per heavy atom. The number of likely N-dealkylation sites (tertiary alicyclic amines) is 1. The maximum atomic E-state index is 13.2. The lowest BCUT2D eigenvalue weighted by molar-refractivity contribution is -0.177. The van der Waals surface area contributed by atoms with E-state index in [1.54, 1.807) is 6.92 Å². The first kappa shape index (κ1) is 23.8. The number of ether oxygens (including phenoxy) is 1. The number of benzene rings is 2. The van der Waals surface area contributed by atoms with E-state index in [9.17, 15) is 19.5 Å². The number of carbonyl (C=O) groups excluding carboxylic acids is 2. The van der Waals surface area contributed by atoms with Crippen molar-refractivity contribution in [1.29, 1.82) is 0 Å². The molecule has 0 saturated carbocycles. The Kier molecular flexibility index (Phi) is 6.14. The molecule has 0 bridgehead atoms. The van der Waals surface area contributed by atoms with Gasteiger partial charge >= 0.3 is 12.1 Å². The average molecular weight is 465 g/mol. The topological polar surface area (TPSA) is 95.9 Å². The molecule has 2 aromatic carbocycles. The first-order chi connectivity index (χ1) is 16.1. The van der Waals surface area contributed by atoms with Crippen molar-refractivity contribution in [3.63, 3.8) is 0 Å². The zero-order chi connectivity index (χ0) is 24.7. The third kappa shape index (κ3) is 4.04. The monoisotopic (exact) mass is 464 g/mol. The average Bonchev–Trinajstić information content (AvgIpc) is 3.12. The summed E-state index contributed by atoms with van der Waals surface area (Å²) in [5.41, 5.74) is 3.17. The molecule has 7 heteroatoms. The molecular weight excluding hydrogens is 432 g/mol. The molecule has 2 N–H and O–H groups in total. The van der Waals surface area contributed by atoms with Gasteiger partial charge < -0.3 is 20.1 Å². The van der Waals surface area contributed by atoms with Crippen LogP contribution in [0.5, 0.6) is 0 Å². The molecule has 1 fully saturated rings. The van der Waals surface area contributed by atoms with Crippen LogP contribution in [-0.4, -0.2) is 53.7 Å². The van der Waals surface area contributed by atoms with Gasteiger partial charge in [0.15, 0.2) is 0 Å². The van der Waals surface area contributed by atoms with Crippen molar-refractivity contribution in [3.05, 3.63) is 59.7 Å². The van der Waals surface area contributed by atoms with Gasteiger partial charge in [0.05, 0.1) is 5.41 Å². The van der Waals surface area contributed by atoms with E-state index >= 15 is 0 Å². The molecule has 180 valence electrons. The fraction of sp³-hybridized carbons (Fsp3) is 0.444. The van der Waals surface area contributed by atoms with Gasteiger partial charge in [0, 0.05) is 24.4 Å². The van der Waals surface area contributed by atoms with Crippen LogP contribution in [0.3, 0.4) is 0 Å². The molecule has 0 aromatic heterocycles. The van der Waals surface area contributed by atoms with Gasteiger partial charge in [-0.1, -0.05) is 69.3 Å². The summed E-state index contributed by atoms with van der Waals surface area (Å²) in [5, 5.41) is 12.3. The van der Waals surface area contributed by atoms with Crippen molar-refractivity contribution < 1.29 is 24.2 Å². The summed E-state index contributed by atoms with van der Waals surface area (Å²) >= 11 is 0. The van der Waals surface area contributed by atoms with E-state index in [4.69, 9.17) is 4.74 Å². The highest BCUT2D eigenvalue weighted by molar-refractivity contribution is 5.90. The molecule has 2 unspecified atom stereocenters. The Hall–Kier alpha value is -3.35. The van der Waals surface area contributed by atoms with E-state index in [0.29, 0.717) is 13.0 Å². The summed E-state index contributed by atoms with van der Waals surface area (Å²) in [7, 11) is 0. The standard InChI is InChI=1S/C27H32N2O5/c1-5-27(4,24(32)29-16-26(2,3)22(29)23(30)31)15-28-25(33)34-14-21-19-12-8-6-10-17(19)18-11-7-9-13-20(18)21/h6-13,21-22H,5,14-16H2,1-4H3,(H,28,33)(H,30,31). The van der Waals surface area contributed by atoms with Gasteiger partial charge in [0.25, 0.3) is 0 Å². The first-order valence-corrected chi connectivity index (χ1v) is 11.7. The van der Waals surface area contributed by atoms with E-state index in [-0.39, 0.29) is 25.0 Å². The number of nitrogens with one attached hydrogen (secondary N) is 1. The minimum absolute atomic E-state index is 0.0445. The number of amides is 2. The van der Waals surface area contributed by atoms with Crippen LogP contribution in [0.25, 0.3) is 11.1 Å². The van der Waals surface area contributed by atoms with Crippen LogP contribution in [0, 0.1) is 10.8 Å². The third-order valence-electron chi connectivity index (χ3n) is 7.39.